The molecule has 3 aromatic rings. The Bertz CT molecular complexity index is 1360. The van der Waals surface area contributed by atoms with Gasteiger partial charge in [-0.05, 0) is 68.0 Å². The Balaban J connectivity index is 1.39. The van der Waals surface area contributed by atoms with Crippen LogP contribution in [0.3, 0.4) is 0 Å². The molecule has 2 fully saturated rings. The van der Waals surface area contributed by atoms with Crippen LogP contribution in [0.1, 0.15) is 67.3 Å². The van der Waals surface area contributed by atoms with E-state index < -0.39 is 41.2 Å². The summed E-state index contributed by atoms with van der Waals surface area (Å²) in [5.41, 5.74) is -0.437. The average Bonchev–Trinajstić information content (AvgIpc) is 3.81. The molecule has 0 aromatic carbocycles. The molecule has 0 spiro atoms. The van der Waals surface area contributed by atoms with Crippen molar-refractivity contribution < 1.29 is 23.0 Å². The summed E-state index contributed by atoms with van der Waals surface area (Å²) in [5, 5.41) is 16.7. The second-order valence-electron chi connectivity index (χ2n) is 9.68. The summed E-state index contributed by atoms with van der Waals surface area (Å²) in [6, 6.07) is -0.869. The van der Waals surface area contributed by atoms with Crippen LogP contribution in [-0.2, 0) is 11.2 Å². The molecule has 3 N–H and O–H groups in total. The van der Waals surface area contributed by atoms with Crippen molar-refractivity contribution in [2.75, 3.05) is 5.32 Å². The SMILES string of the molecule is CCc1nonc1C(=O)N[C@H](C(=O)Nc1cnn([C@@H](C)c2cc(F)c[nH]c2=O)c1F)C(C1CC1)C1CC1. The minimum Gasteiger partial charge on any atom is -0.338 e. The molecule has 3 heterocycles. The summed E-state index contributed by atoms with van der Waals surface area (Å²) < 4.78 is 34.6. The largest absolute Gasteiger partial charge is 0.338 e. The second-order valence-corrected chi connectivity index (χ2v) is 9.68. The highest BCUT2D eigenvalue weighted by molar-refractivity contribution is 6.01. The summed E-state index contributed by atoms with van der Waals surface area (Å²) in [6.45, 7) is 3.29. The normalized spacial score (nSPS) is 17.0. The lowest BCUT2D eigenvalue weighted by atomic mass is 9.88. The zero-order valence-corrected chi connectivity index (χ0v) is 20.3. The predicted molar refractivity (Wildman–Crippen MR) is 126 cm³/mol. The Labute approximate surface area is 210 Å². The highest BCUT2D eigenvalue weighted by Gasteiger charge is 2.48. The van der Waals surface area contributed by atoms with Crippen molar-refractivity contribution in [1.82, 2.24) is 30.4 Å². The Hall–Kier alpha value is -3.90. The van der Waals surface area contributed by atoms with E-state index in [0.29, 0.717) is 12.1 Å². The van der Waals surface area contributed by atoms with Crippen LogP contribution in [0, 0.1) is 29.5 Å². The molecule has 13 heteroatoms. The van der Waals surface area contributed by atoms with E-state index in [0.717, 1.165) is 48.8 Å². The van der Waals surface area contributed by atoms with Crippen LogP contribution in [0.25, 0.3) is 0 Å². The van der Waals surface area contributed by atoms with E-state index in [1.807, 2.05) is 0 Å². The lowest BCUT2D eigenvalue weighted by molar-refractivity contribution is -0.119. The molecule has 11 nitrogen and oxygen atoms in total. The van der Waals surface area contributed by atoms with Crippen molar-refractivity contribution >= 4 is 17.5 Å². The van der Waals surface area contributed by atoms with Gasteiger partial charge in [0, 0.05) is 11.8 Å². The summed E-state index contributed by atoms with van der Waals surface area (Å²) in [4.78, 5) is 40.9. The van der Waals surface area contributed by atoms with Gasteiger partial charge in [-0.1, -0.05) is 12.1 Å². The number of halogens is 2. The minimum absolute atomic E-state index is 0.0128. The van der Waals surface area contributed by atoms with E-state index in [2.05, 4.69) is 31.0 Å². The molecule has 5 rings (SSSR count). The molecule has 2 aliphatic carbocycles. The number of hydrogen-bond acceptors (Lipinski definition) is 7. The van der Waals surface area contributed by atoms with E-state index in [4.69, 9.17) is 4.63 Å². The number of carbonyl (C=O) groups excluding carboxylic acids is 2. The fourth-order valence-corrected chi connectivity index (χ4v) is 4.88. The lowest BCUT2D eigenvalue weighted by Crippen LogP contribution is -2.50. The van der Waals surface area contributed by atoms with Gasteiger partial charge in [0.2, 0.25) is 11.9 Å². The number of nitrogens with one attached hydrogen (secondary N) is 3. The summed E-state index contributed by atoms with van der Waals surface area (Å²) >= 11 is 0. The Morgan fingerprint density at radius 3 is 2.57 bits per heavy atom. The summed E-state index contributed by atoms with van der Waals surface area (Å²) in [6.07, 6.45) is 6.28. The topological polar surface area (TPSA) is 148 Å². The maximum absolute atomic E-state index is 15.3. The summed E-state index contributed by atoms with van der Waals surface area (Å²) in [7, 11) is 0. The van der Waals surface area contributed by atoms with Crippen LogP contribution >= 0.6 is 0 Å². The maximum Gasteiger partial charge on any atom is 0.276 e. The first-order valence-corrected chi connectivity index (χ1v) is 12.3. The molecule has 0 bridgehead atoms. The first kappa shape index (κ1) is 24.8. The number of H-pyrrole nitrogens is 1. The Kier molecular flexibility index (Phi) is 6.61. The predicted octanol–water partition coefficient (Wildman–Crippen LogP) is 2.58. The molecular weight excluding hydrogens is 488 g/mol. The van der Waals surface area contributed by atoms with E-state index in [1.54, 1.807) is 6.92 Å². The number of anilines is 1. The standard InChI is InChI=1S/C24H27F2N7O4/c1-3-16-19(32-37-31-16)23(35)30-20(18(12-4-5-12)13-6-7-13)24(36)29-17-10-28-33(21(17)26)11(2)15-8-14(25)9-27-22(15)34/h8-13,18,20H,3-7H2,1-2H3,(H,27,34)(H,29,36)(H,30,35)/t11-,20-/m0/s1. The third-order valence-corrected chi connectivity index (χ3v) is 7.10. The first-order chi connectivity index (χ1) is 17.8. The number of aromatic amines is 1. The average molecular weight is 516 g/mol. The van der Waals surface area contributed by atoms with Crippen molar-refractivity contribution in [3.63, 3.8) is 0 Å². The number of nitrogens with zero attached hydrogens (tertiary/aromatic N) is 4. The fraction of sp³-hybridized carbons (Fsp3) is 0.500. The molecule has 2 amide bonds. The summed E-state index contributed by atoms with van der Waals surface area (Å²) in [5.74, 6) is -2.27. The molecule has 0 radical (unpaired) electrons. The van der Waals surface area contributed by atoms with Gasteiger partial charge < -0.3 is 15.6 Å². The molecule has 2 saturated carbocycles. The fourth-order valence-electron chi connectivity index (χ4n) is 4.88. The Morgan fingerprint density at radius 1 is 1.22 bits per heavy atom. The first-order valence-electron chi connectivity index (χ1n) is 12.3. The minimum atomic E-state index is -0.946. The Morgan fingerprint density at radius 2 is 1.92 bits per heavy atom. The smallest absolute Gasteiger partial charge is 0.276 e. The number of hydrogen-bond donors (Lipinski definition) is 3. The highest BCUT2D eigenvalue weighted by atomic mass is 19.1. The van der Waals surface area contributed by atoms with E-state index in [9.17, 15) is 18.8 Å². The molecule has 2 atom stereocenters. The van der Waals surface area contributed by atoms with E-state index in [-0.39, 0.29) is 34.7 Å². The van der Waals surface area contributed by atoms with Gasteiger partial charge in [-0.2, -0.15) is 9.49 Å². The number of pyridine rings is 1. The van der Waals surface area contributed by atoms with Crippen molar-refractivity contribution in [3.8, 4) is 0 Å². The van der Waals surface area contributed by atoms with Crippen molar-refractivity contribution in [3.05, 3.63) is 57.5 Å². The molecular formula is C24H27F2N7O4. The zero-order valence-electron chi connectivity index (χ0n) is 20.3. The third-order valence-electron chi connectivity index (χ3n) is 7.10. The van der Waals surface area contributed by atoms with Crippen molar-refractivity contribution in [2.24, 2.45) is 17.8 Å². The van der Waals surface area contributed by atoms with Crippen LogP contribution in [0.4, 0.5) is 14.5 Å². The number of aromatic nitrogens is 5. The lowest BCUT2D eigenvalue weighted by Gasteiger charge is -2.27. The molecule has 3 aromatic heterocycles. The number of rotatable bonds is 10. The number of aryl methyl sites for hydroxylation is 1. The van der Waals surface area contributed by atoms with Crippen LogP contribution in [0.5, 0.6) is 0 Å². The van der Waals surface area contributed by atoms with Crippen LogP contribution in [-0.4, -0.2) is 42.9 Å². The van der Waals surface area contributed by atoms with Gasteiger partial charge in [-0.3, -0.25) is 14.4 Å². The van der Waals surface area contributed by atoms with Gasteiger partial charge in [0.25, 0.3) is 11.5 Å². The molecule has 0 saturated heterocycles. The van der Waals surface area contributed by atoms with Gasteiger partial charge in [0.15, 0.2) is 5.69 Å². The van der Waals surface area contributed by atoms with Gasteiger partial charge in [-0.25, -0.2) is 13.7 Å². The van der Waals surface area contributed by atoms with Crippen molar-refractivity contribution in [2.45, 2.75) is 58.0 Å². The zero-order chi connectivity index (χ0) is 26.3. The number of amides is 2. The van der Waals surface area contributed by atoms with Gasteiger partial charge in [-0.15, -0.1) is 0 Å². The molecule has 37 heavy (non-hydrogen) atoms. The molecule has 0 aliphatic heterocycles. The van der Waals surface area contributed by atoms with Crippen LogP contribution < -0.4 is 16.2 Å². The molecule has 2 aliphatic rings. The van der Waals surface area contributed by atoms with Gasteiger partial charge >= 0.3 is 0 Å². The second kappa shape index (κ2) is 9.87. The van der Waals surface area contributed by atoms with E-state index in [1.165, 1.54) is 6.92 Å². The van der Waals surface area contributed by atoms with Crippen LogP contribution in [0.15, 0.2) is 27.9 Å². The van der Waals surface area contributed by atoms with Crippen LogP contribution in [0.2, 0.25) is 0 Å². The molecule has 196 valence electrons. The molecule has 0 unspecified atom stereocenters. The maximum atomic E-state index is 15.3. The van der Waals surface area contributed by atoms with Crippen molar-refractivity contribution in [1.29, 1.82) is 0 Å². The highest BCUT2D eigenvalue weighted by Crippen LogP contribution is 2.51. The quantitative estimate of drug-likeness (QED) is 0.376. The third kappa shape index (κ3) is 5.02. The van der Waals surface area contributed by atoms with Gasteiger partial charge in [0.1, 0.15) is 23.2 Å². The monoisotopic (exact) mass is 515 g/mol. The van der Waals surface area contributed by atoms with E-state index >= 15 is 4.39 Å². The number of carbonyl (C=O) groups is 2. The van der Waals surface area contributed by atoms with Gasteiger partial charge in [0.05, 0.1) is 12.2 Å².